The van der Waals surface area contributed by atoms with Gasteiger partial charge in [-0.15, -0.1) is 11.3 Å². The van der Waals surface area contributed by atoms with Crippen molar-refractivity contribution in [3.05, 3.63) is 16.5 Å². The minimum Gasteiger partial charge on any atom is -0.478 e. The van der Waals surface area contributed by atoms with E-state index in [-0.39, 0.29) is 5.56 Å². The van der Waals surface area contributed by atoms with E-state index in [1.165, 1.54) is 24.3 Å². The Hall–Kier alpha value is -1.80. The Kier molecular flexibility index (Phi) is 3.47. The highest BCUT2D eigenvalue weighted by atomic mass is 32.1. The lowest BCUT2D eigenvalue weighted by Crippen LogP contribution is -2.10. The molecule has 1 aromatic rings. The quantitative estimate of drug-likeness (QED) is 0.750. The number of carbonyl (C=O) groups excluding carboxylic acids is 1. The first kappa shape index (κ1) is 11.3. The maximum atomic E-state index is 11.1. The van der Waals surface area contributed by atoms with Gasteiger partial charge in [0, 0.05) is 4.88 Å². The lowest BCUT2D eigenvalue weighted by atomic mass is 10.3. The average molecular weight is 223 g/mol. The van der Waals surface area contributed by atoms with Crippen LogP contribution in [0, 0.1) is 18.8 Å². The molecule has 0 aliphatic heterocycles. The summed E-state index contributed by atoms with van der Waals surface area (Å²) in [5.74, 6) is 3.17. The molecule has 4 nitrogen and oxygen atoms in total. The number of carboxylic acid groups (broad SMARTS) is 1. The second-order valence-corrected chi connectivity index (χ2v) is 3.99. The molecule has 0 fully saturated rings. The number of thiophene rings is 1. The maximum Gasteiger partial charge on any atom is 0.338 e. The number of amides is 1. The first-order chi connectivity index (χ1) is 7.04. The smallest absolute Gasteiger partial charge is 0.338 e. The minimum absolute atomic E-state index is 0.101. The molecule has 1 rings (SSSR count). The van der Waals surface area contributed by atoms with Crippen molar-refractivity contribution in [2.24, 2.45) is 0 Å². The summed E-state index contributed by atoms with van der Waals surface area (Å²) in [7, 11) is 0. The minimum atomic E-state index is -1.06. The Morgan fingerprint density at radius 2 is 2.20 bits per heavy atom. The van der Waals surface area contributed by atoms with Crippen LogP contribution in [0.1, 0.15) is 22.2 Å². The van der Waals surface area contributed by atoms with Crippen LogP contribution in [-0.2, 0) is 4.79 Å². The fraction of sp³-hybridized carbons (Fsp3) is 0.200. The second-order valence-electron chi connectivity index (χ2n) is 2.73. The summed E-state index contributed by atoms with van der Waals surface area (Å²) < 4.78 is 0. The Balaban J connectivity index is 2.97. The third-order valence-corrected chi connectivity index (χ3v) is 2.52. The van der Waals surface area contributed by atoms with E-state index in [0.717, 1.165) is 4.88 Å². The van der Waals surface area contributed by atoms with Gasteiger partial charge < -0.3 is 10.4 Å². The van der Waals surface area contributed by atoms with E-state index in [4.69, 9.17) is 5.11 Å². The Morgan fingerprint density at radius 1 is 1.53 bits per heavy atom. The molecule has 0 spiro atoms. The fourth-order valence-corrected chi connectivity index (χ4v) is 1.91. The Bertz CT molecular complexity index is 465. The van der Waals surface area contributed by atoms with Crippen LogP contribution in [0.15, 0.2) is 6.07 Å². The van der Waals surface area contributed by atoms with Gasteiger partial charge in [-0.1, -0.05) is 5.92 Å². The van der Waals surface area contributed by atoms with Crippen LogP contribution in [0.2, 0.25) is 0 Å². The predicted molar refractivity (Wildman–Crippen MR) is 58.1 cm³/mol. The number of anilines is 1. The van der Waals surface area contributed by atoms with E-state index in [9.17, 15) is 9.59 Å². The van der Waals surface area contributed by atoms with Crippen LogP contribution in [0.5, 0.6) is 0 Å². The van der Waals surface area contributed by atoms with E-state index in [1.54, 1.807) is 6.92 Å². The van der Waals surface area contributed by atoms with Crippen molar-refractivity contribution >= 4 is 28.2 Å². The summed E-state index contributed by atoms with van der Waals surface area (Å²) in [6, 6.07) is 1.52. The molecule has 5 heteroatoms. The zero-order valence-corrected chi connectivity index (χ0v) is 9.07. The highest BCUT2D eigenvalue weighted by Gasteiger charge is 2.14. The molecule has 1 aromatic heterocycles. The first-order valence-electron chi connectivity index (χ1n) is 4.12. The predicted octanol–water partition coefficient (Wildman–Crippen LogP) is 1.72. The monoisotopic (exact) mass is 223 g/mol. The SMILES string of the molecule is CC#CC(=O)Nc1sc(C)cc1C(=O)O. The molecule has 0 saturated carbocycles. The van der Waals surface area contributed by atoms with Gasteiger partial charge in [0.15, 0.2) is 0 Å². The fourth-order valence-electron chi connectivity index (χ4n) is 1.01. The maximum absolute atomic E-state index is 11.1. The number of aromatic carboxylic acids is 1. The van der Waals surface area contributed by atoms with E-state index in [2.05, 4.69) is 17.2 Å². The van der Waals surface area contributed by atoms with Crippen LogP contribution in [0.4, 0.5) is 5.00 Å². The molecule has 0 unspecified atom stereocenters. The van der Waals surface area contributed by atoms with Crippen molar-refractivity contribution in [1.29, 1.82) is 0 Å². The Labute approximate surface area is 90.9 Å². The normalized spacial score (nSPS) is 8.93. The number of hydrogen-bond acceptors (Lipinski definition) is 3. The second kappa shape index (κ2) is 4.62. The van der Waals surface area contributed by atoms with Gasteiger partial charge in [-0.3, -0.25) is 4.79 Å². The third kappa shape index (κ3) is 2.82. The third-order valence-electron chi connectivity index (χ3n) is 1.55. The van der Waals surface area contributed by atoms with E-state index >= 15 is 0 Å². The number of carbonyl (C=O) groups is 2. The molecule has 2 N–H and O–H groups in total. The van der Waals surface area contributed by atoms with Gasteiger partial charge in [0.2, 0.25) is 0 Å². The van der Waals surface area contributed by atoms with Crippen LogP contribution in [0.25, 0.3) is 0 Å². The van der Waals surface area contributed by atoms with Crippen molar-refractivity contribution in [2.45, 2.75) is 13.8 Å². The summed E-state index contributed by atoms with van der Waals surface area (Å²) in [6.07, 6.45) is 0. The van der Waals surface area contributed by atoms with Crippen LogP contribution in [0.3, 0.4) is 0 Å². The highest BCUT2D eigenvalue weighted by molar-refractivity contribution is 7.16. The lowest BCUT2D eigenvalue weighted by Gasteiger charge is -1.97. The lowest BCUT2D eigenvalue weighted by molar-refractivity contribution is -0.111. The van der Waals surface area contributed by atoms with Crippen LogP contribution < -0.4 is 5.32 Å². The topological polar surface area (TPSA) is 66.4 Å². The van der Waals surface area contributed by atoms with Gasteiger partial charge in [-0.25, -0.2) is 4.79 Å². The summed E-state index contributed by atoms with van der Waals surface area (Å²) >= 11 is 1.22. The summed E-state index contributed by atoms with van der Waals surface area (Å²) in [4.78, 5) is 22.7. The van der Waals surface area contributed by atoms with Gasteiger partial charge in [-0.2, -0.15) is 0 Å². The molecular formula is C10H9NO3S. The highest BCUT2D eigenvalue weighted by Crippen LogP contribution is 2.27. The molecular weight excluding hydrogens is 214 g/mol. The van der Waals surface area contributed by atoms with Gasteiger partial charge in [0.25, 0.3) is 0 Å². The molecule has 1 amide bonds. The van der Waals surface area contributed by atoms with Gasteiger partial charge in [0.1, 0.15) is 5.00 Å². The number of hydrogen-bond donors (Lipinski definition) is 2. The molecule has 0 aliphatic carbocycles. The number of rotatable bonds is 2. The van der Waals surface area contributed by atoms with Crippen LogP contribution in [-0.4, -0.2) is 17.0 Å². The number of nitrogens with one attached hydrogen (secondary N) is 1. The molecule has 0 aromatic carbocycles. The standard InChI is InChI=1S/C10H9NO3S/c1-3-4-8(12)11-9-7(10(13)14)5-6(2)15-9/h5H,1-2H3,(H,11,12)(H,13,14). The zero-order valence-electron chi connectivity index (χ0n) is 8.25. The van der Waals surface area contributed by atoms with E-state index < -0.39 is 11.9 Å². The van der Waals surface area contributed by atoms with Gasteiger partial charge >= 0.3 is 11.9 Å². The molecule has 0 bridgehead atoms. The Morgan fingerprint density at radius 3 is 2.73 bits per heavy atom. The molecule has 0 saturated heterocycles. The largest absolute Gasteiger partial charge is 0.478 e. The van der Waals surface area contributed by atoms with Crippen molar-refractivity contribution in [2.75, 3.05) is 5.32 Å². The number of aryl methyl sites for hydroxylation is 1. The van der Waals surface area contributed by atoms with E-state index in [1.807, 2.05) is 0 Å². The zero-order chi connectivity index (χ0) is 11.4. The van der Waals surface area contributed by atoms with Crippen molar-refractivity contribution < 1.29 is 14.7 Å². The molecule has 0 radical (unpaired) electrons. The summed E-state index contributed by atoms with van der Waals surface area (Å²) in [5.41, 5.74) is 0.101. The van der Waals surface area contributed by atoms with E-state index in [0.29, 0.717) is 5.00 Å². The average Bonchev–Trinajstić information content (AvgIpc) is 2.47. The molecule has 1 heterocycles. The molecule has 0 atom stereocenters. The van der Waals surface area contributed by atoms with Crippen molar-refractivity contribution in [3.63, 3.8) is 0 Å². The first-order valence-corrected chi connectivity index (χ1v) is 4.93. The van der Waals surface area contributed by atoms with Gasteiger partial charge in [-0.05, 0) is 25.8 Å². The summed E-state index contributed by atoms with van der Waals surface area (Å²) in [6.45, 7) is 3.32. The summed E-state index contributed by atoms with van der Waals surface area (Å²) in [5, 5.41) is 11.6. The van der Waals surface area contributed by atoms with Gasteiger partial charge in [0.05, 0.1) is 5.56 Å². The molecule has 0 aliphatic rings. The van der Waals surface area contributed by atoms with Crippen molar-refractivity contribution in [3.8, 4) is 11.8 Å². The molecule has 78 valence electrons. The number of carboxylic acids is 1. The van der Waals surface area contributed by atoms with Crippen molar-refractivity contribution in [1.82, 2.24) is 0 Å². The van der Waals surface area contributed by atoms with Crippen LogP contribution >= 0.6 is 11.3 Å². The molecule has 15 heavy (non-hydrogen) atoms.